The molecule has 146 valence electrons. The molecule has 0 unspecified atom stereocenters. The number of phenolic OH excluding ortho intramolecular Hbond substituents is 1. The fourth-order valence-electron chi connectivity index (χ4n) is 2.69. The van der Waals surface area contributed by atoms with Gasteiger partial charge in [0.2, 0.25) is 10.0 Å². The van der Waals surface area contributed by atoms with Crippen LogP contribution in [0, 0.1) is 0 Å². The molecule has 0 aliphatic carbocycles. The van der Waals surface area contributed by atoms with Gasteiger partial charge >= 0.3 is 0 Å². The lowest BCUT2D eigenvalue weighted by atomic mass is 10.1. The molecule has 1 aliphatic heterocycles. The maximum Gasteiger partial charge on any atom is 0.280 e. The first kappa shape index (κ1) is 19.6. The fraction of sp³-hybridized carbons (Fsp3) is 0.158. The van der Waals surface area contributed by atoms with Gasteiger partial charge in [0.1, 0.15) is 0 Å². The number of phenols is 1. The number of sulfonamides is 1. The SMILES string of the molecule is CCOc1cc(/C=C2/C(=O)N(c3ccc(S(N)(=O)=O)cc3)N=C2C)ccc1O. The van der Waals surface area contributed by atoms with Crippen molar-refractivity contribution < 1.29 is 23.1 Å². The Morgan fingerprint density at radius 3 is 2.50 bits per heavy atom. The van der Waals surface area contributed by atoms with E-state index in [4.69, 9.17) is 9.88 Å². The Morgan fingerprint density at radius 1 is 1.21 bits per heavy atom. The fourth-order valence-corrected chi connectivity index (χ4v) is 3.21. The number of hydrogen-bond acceptors (Lipinski definition) is 6. The van der Waals surface area contributed by atoms with Gasteiger partial charge in [-0.25, -0.2) is 13.6 Å². The Kier molecular flexibility index (Phi) is 5.21. The Labute approximate surface area is 162 Å². The van der Waals surface area contributed by atoms with E-state index in [0.717, 1.165) is 0 Å². The second-order valence-electron chi connectivity index (χ2n) is 6.06. The second kappa shape index (κ2) is 7.45. The Balaban J connectivity index is 1.91. The van der Waals surface area contributed by atoms with E-state index in [1.807, 2.05) is 0 Å². The minimum absolute atomic E-state index is 0.0173. The van der Waals surface area contributed by atoms with Crippen LogP contribution in [0.25, 0.3) is 6.08 Å². The van der Waals surface area contributed by atoms with E-state index in [1.54, 1.807) is 32.1 Å². The van der Waals surface area contributed by atoms with Crippen LogP contribution >= 0.6 is 0 Å². The Morgan fingerprint density at radius 2 is 1.89 bits per heavy atom. The Bertz CT molecular complexity index is 1090. The molecule has 3 N–H and O–H groups in total. The number of hydrogen-bond donors (Lipinski definition) is 2. The maximum atomic E-state index is 12.8. The van der Waals surface area contributed by atoms with E-state index >= 15 is 0 Å². The zero-order chi connectivity index (χ0) is 20.5. The quantitative estimate of drug-likeness (QED) is 0.744. The summed E-state index contributed by atoms with van der Waals surface area (Å²) in [5, 5.41) is 20.3. The topological polar surface area (TPSA) is 122 Å². The van der Waals surface area contributed by atoms with Crippen LogP contribution in [0.1, 0.15) is 19.4 Å². The number of aromatic hydroxyl groups is 1. The highest BCUT2D eigenvalue weighted by molar-refractivity contribution is 7.89. The van der Waals surface area contributed by atoms with Crippen LogP contribution in [0.4, 0.5) is 5.69 Å². The molecule has 0 spiro atoms. The monoisotopic (exact) mass is 401 g/mol. The van der Waals surface area contributed by atoms with Gasteiger partial charge in [0.05, 0.1) is 28.5 Å². The molecule has 3 rings (SSSR count). The minimum Gasteiger partial charge on any atom is -0.504 e. The smallest absolute Gasteiger partial charge is 0.280 e. The van der Waals surface area contributed by atoms with Gasteiger partial charge in [-0.3, -0.25) is 4.79 Å². The van der Waals surface area contributed by atoms with Crippen molar-refractivity contribution in [3.05, 3.63) is 53.6 Å². The van der Waals surface area contributed by atoms with Crippen LogP contribution in [0.3, 0.4) is 0 Å². The molecule has 0 radical (unpaired) electrons. The van der Waals surface area contributed by atoms with Crippen molar-refractivity contribution in [2.75, 3.05) is 11.6 Å². The molecule has 1 amide bonds. The molecule has 1 aliphatic rings. The van der Waals surface area contributed by atoms with Gasteiger partial charge in [0, 0.05) is 0 Å². The average Bonchev–Trinajstić information content (AvgIpc) is 2.92. The summed E-state index contributed by atoms with van der Waals surface area (Å²) >= 11 is 0. The predicted molar refractivity (Wildman–Crippen MR) is 106 cm³/mol. The van der Waals surface area contributed by atoms with E-state index in [2.05, 4.69) is 5.10 Å². The summed E-state index contributed by atoms with van der Waals surface area (Å²) in [6.45, 7) is 3.91. The summed E-state index contributed by atoms with van der Waals surface area (Å²) < 4.78 is 28.1. The lowest BCUT2D eigenvalue weighted by Crippen LogP contribution is -2.21. The number of carbonyl (C=O) groups excluding carboxylic acids is 1. The number of nitrogens with zero attached hydrogens (tertiary/aromatic N) is 2. The zero-order valence-corrected chi connectivity index (χ0v) is 16.1. The highest BCUT2D eigenvalue weighted by atomic mass is 32.2. The van der Waals surface area contributed by atoms with Gasteiger partial charge in [0.15, 0.2) is 11.5 Å². The number of primary sulfonamides is 1. The highest BCUT2D eigenvalue weighted by Gasteiger charge is 2.29. The third-order valence-corrected chi connectivity index (χ3v) is 5.00. The predicted octanol–water partition coefficient (Wildman–Crippen LogP) is 2.24. The summed E-state index contributed by atoms with van der Waals surface area (Å²) in [7, 11) is -3.81. The summed E-state index contributed by atoms with van der Waals surface area (Å²) in [4.78, 5) is 12.8. The van der Waals surface area contributed by atoms with E-state index in [9.17, 15) is 18.3 Å². The maximum absolute atomic E-state index is 12.8. The van der Waals surface area contributed by atoms with Gasteiger partial charge in [-0.2, -0.15) is 10.1 Å². The molecule has 0 fully saturated rings. The molecule has 28 heavy (non-hydrogen) atoms. The standard InChI is InChI=1S/C19H19N3O5S/c1-3-27-18-11-13(4-9-17(18)23)10-16-12(2)21-22(19(16)24)14-5-7-15(8-6-14)28(20,25)26/h4-11,23H,3H2,1-2H3,(H2,20,25,26)/b16-10+. The minimum atomic E-state index is -3.81. The van der Waals surface area contributed by atoms with Crippen molar-refractivity contribution in [3.8, 4) is 11.5 Å². The summed E-state index contributed by atoms with van der Waals surface area (Å²) in [5.41, 5.74) is 1.97. The van der Waals surface area contributed by atoms with Gasteiger partial charge < -0.3 is 9.84 Å². The molecule has 0 saturated carbocycles. The van der Waals surface area contributed by atoms with Crippen molar-refractivity contribution in [2.24, 2.45) is 10.2 Å². The van der Waals surface area contributed by atoms with Crippen LogP contribution in [-0.2, 0) is 14.8 Å². The third-order valence-electron chi connectivity index (χ3n) is 4.07. The molecular formula is C19H19N3O5S. The van der Waals surface area contributed by atoms with Crippen LogP contribution < -0.4 is 14.9 Å². The highest BCUT2D eigenvalue weighted by Crippen LogP contribution is 2.30. The normalized spacial score (nSPS) is 15.8. The van der Waals surface area contributed by atoms with Crippen molar-refractivity contribution in [1.29, 1.82) is 0 Å². The van der Waals surface area contributed by atoms with Gasteiger partial charge in [0.25, 0.3) is 5.91 Å². The second-order valence-corrected chi connectivity index (χ2v) is 7.62. The van der Waals surface area contributed by atoms with Crippen LogP contribution in [0.5, 0.6) is 11.5 Å². The van der Waals surface area contributed by atoms with Crippen molar-refractivity contribution >= 4 is 33.4 Å². The van der Waals surface area contributed by atoms with Gasteiger partial charge in [-0.1, -0.05) is 6.07 Å². The van der Waals surface area contributed by atoms with E-state index in [0.29, 0.717) is 34.9 Å². The lowest BCUT2D eigenvalue weighted by molar-refractivity contribution is -0.114. The molecule has 0 bridgehead atoms. The first-order chi connectivity index (χ1) is 13.2. The number of amides is 1. The number of benzene rings is 2. The number of nitrogens with two attached hydrogens (primary N) is 1. The number of rotatable bonds is 5. The number of hydrazone groups is 1. The molecular weight excluding hydrogens is 382 g/mol. The molecule has 1 heterocycles. The van der Waals surface area contributed by atoms with Crippen LogP contribution in [0.15, 0.2) is 58.0 Å². The average molecular weight is 401 g/mol. The lowest BCUT2D eigenvalue weighted by Gasteiger charge is -2.12. The van der Waals surface area contributed by atoms with Gasteiger partial charge in [-0.15, -0.1) is 0 Å². The van der Waals surface area contributed by atoms with Crippen LogP contribution in [-0.4, -0.2) is 31.8 Å². The Hall–Kier alpha value is -3.17. The van der Waals surface area contributed by atoms with Crippen molar-refractivity contribution in [2.45, 2.75) is 18.7 Å². The van der Waals surface area contributed by atoms with Crippen molar-refractivity contribution in [1.82, 2.24) is 0 Å². The summed E-state index contributed by atoms with van der Waals surface area (Å²) in [6, 6.07) is 10.4. The van der Waals surface area contributed by atoms with Crippen molar-refractivity contribution in [3.63, 3.8) is 0 Å². The molecule has 8 nitrogen and oxygen atoms in total. The molecule has 0 saturated heterocycles. The molecule has 2 aromatic rings. The number of anilines is 1. The first-order valence-electron chi connectivity index (χ1n) is 8.41. The van der Waals surface area contributed by atoms with E-state index in [-0.39, 0.29) is 16.6 Å². The van der Waals surface area contributed by atoms with E-state index < -0.39 is 10.0 Å². The largest absolute Gasteiger partial charge is 0.504 e. The summed E-state index contributed by atoms with van der Waals surface area (Å²) in [5.74, 6) is -0.0112. The van der Waals surface area contributed by atoms with Crippen LogP contribution in [0.2, 0.25) is 0 Å². The molecule has 0 aromatic heterocycles. The number of ether oxygens (including phenoxy) is 1. The van der Waals surface area contributed by atoms with Gasteiger partial charge in [-0.05, 0) is 61.9 Å². The molecule has 9 heteroatoms. The zero-order valence-electron chi connectivity index (χ0n) is 15.3. The first-order valence-corrected chi connectivity index (χ1v) is 9.95. The summed E-state index contributed by atoms with van der Waals surface area (Å²) in [6.07, 6.45) is 1.65. The molecule has 2 aromatic carbocycles. The van der Waals surface area contributed by atoms with E-state index in [1.165, 1.54) is 35.3 Å². The molecule has 0 atom stereocenters. The third kappa shape index (κ3) is 3.90. The number of carbonyl (C=O) groups is 1.